The molecule has 26 heavy (non-hydrogen) atoms. The van der Waals surface area contributed by atoms with Crippen molar-refractivity contribution in [2.45, 2.75) is 44.7 Å². The van der Waals surface area contributed by atoms with Gasteiger partial charge in [-0.1, -0.05) is 30.7 Å². The van der Waals surface area contributed by atoms with Crippen molar-refractivity contribution >= 4 is 16.8 Å². The Morgan fingerprint density at radius 3 is 2.73 bits per heavy atom. The first-order valence-electron chi connectivity index (χ1n) is 10.1. The number of rotatable bonds is 4. The molecular formula is C22H27N3O. The molecule has 0 N–H and O–H groups in total. The quantitative estimate of drug-likeness (QED) is 0.848. The molecular weight excluding hydrogens is 322 g/mol. The van der Waals surface area contributed by atoms with Crippen molar-refractivity contribution in [2.24, 2.45) is 11.8 Å². The summed E-state index contributed by atoms with van der Waals surface area (Å²) in [5.74, 6) is 1.37. The first-order valence-corrected chi connectivity index (χ1v) is 10.1. The lowest BCUT2D eigenvalue weighted by molar-refractivity contribution is -0.141. The van der Waals surface area contributed by atoms with Gasteiger partial charge in [0.05, 0.1) is 17.1 Å². The van der Waals surface area contributed by atoms with Crippen LogP contribution in [0.3, 0.4) is 0 Å². The van der Waals surface area contributed by atoms with E-state index in [2.05, 4.69) is 40.1 Å². The van der Waals surface area contributed by atoms with Crippen LogP contribution >= 0.6 is 0 Å². The van der Waals surface area contributed by atoms with E-state index in [1.807, 2.05) is 6.07 Å². The number of hydrogen-bond acceptors (Lipinski definition) is 3. The van der Waals surface area contributed by atoms with Gasteiger partial charge in [-0.3, -0.25) is 14.7 Å². The van der Waals surface area contributed by atoms with E-state index in [0.29, 0.717) is 11.9 Å². The highest BCUT2D eigenvalue weighted by molar-refractivity contribution is 5.80. The number of hydrogen-bond donors (Lipinski definition) is 0. The number of nitrogens with zero attached hydrogens (tertiary/aromatic N) is 3. The summed E-state index contributed by atoms with van der Waals surface area (Å²) in [6, 6.07) is 13.0. The highest BCUT2D eigenvalue weighted by atomic mass is 16.2. The second kappa shape index (κ2) is 6.66. The molecule has 4 fully saturated rings. The lowest BCUT2D eigenvalue weighted by Crippen LogP contribution is -2.50. The van der Waals surface area contributed by atoms with Crippen LogP contribution in [0.4, 0.5) is 0 Å². The zero-order valence-corrected chi connectivity index (χ0v) is 15.3. The van der Waals surface area contributed by atoms with Gasteiger partial charge in [-0.05, 0) is 43.7 Å². The van der Waals surface area contributed by atoms with Crippen LogP contribution in [0.15, 0.2) is 36.4 Å². The van der Waals surface area contributed by atoms with Gasteiger partial charge >= 0.3 is 0 Å². The van der Waals surface area contributed by atoms with Crippen molar-refractivity contribution in [1.82, 2.24) is 14.8 Å². The molecule has 0 unspecified atom stereocenters. The van der Waals surface area contributed by atoms with Crippen LogP contribution in [0, 0.1) is 11.8 Å². The van der Waals surface area contributed by atoms with Crippen molar-refractivity contribution in [3.63, 3.8) is 0 Å². The molecule has 4 aliphatic rings. The molecule has 4 heterocycles. The summed E-state index contributed by atoms with van der Waals surface area (Å²) >= 11 is 0. The molecule has 4 nitrogen and oxygen atoms in total. The molecule has 1 aromatic carbocycles. The third kappa shape index (κ3) is 3.01. The number of aromatic nitrogens is 1. The van der Waals surface area contributed by atoms with Gasteiger partial charge in [-0.2, -0.15) is 0 Å². The molecule has 6 rings (SSSR count). The number of para-hydroxylation sites is 1. The fourth-order valence-electron chi connectivity index (χ4n) is 4.88. The lowest BCUT2D eigenvalue weighted by atomic mass is 9.83. The Morgan fingerprint density at radius 2 is 1.88 bits per heavy atom. The monoisotopic (exact) mass is 349 g/mol. The maximum Gasteiger partial charge on any atom is 0.227 e. The maximum absolute atomic E-state index is 12.9. The van der Waals surface area contributed by atoms with E-state index in [4.69, 9.17) is 4.98 Å². The normalized spacial score (nSPS) is 26.9. The summed E-state index contributed by atoms with van der Waals surface area (Å²) in [6.45, 7) is 3.75. The number of carbonyl (C=O) groups excluding carboxylic acids is 1. The molecule has 3 saturated heterocycles. The minimum absolute atomic E-state index is 0.189. The Balaban J connectivity index is 1.33. The summed E-state index contributed by atoms with van der Waals surface area (Å²) in [5, 5.41) is 1.19. The predicted molar refractivity (Wildman–Crippen MR) is 103 cm³/mol. The molecule has 0 spiro atoms. The zero-order valence-electron chi connectivity index (χ0n) is 15.3. The van der Waals surface area contributed by atoms with E-state index in [0.717, 1.165) is 49.7 Å². The van der Waals surface area contributed by atoms with E-state index in [1.165, 1.54) is 31.1 Å². The predicted octanol–water partition coefficient (Wildman–Crippen LogP) is 3.46. The van der Waals surface area contributed by atoms with Crippen LogP contribution in [0.1, 0.15) is 37.8 Å². The van der Waals surface area contributed by atoms with Gasteiger partial charge in [-0.15, -0.1) is 0 Å². The second-order valence-corrected chi connectivity index (χ2v) is 8.40. The fraction of sp³-hybridized carbons (Fsp3) is 0.545. The maximum atomic E-state index is 12.9. The number of carbonyl (C=O) groups is 1. The highest BCUT2D eigenvalue weighted by Crippen LogP contribution is 2.34. The molecule has 2 bridgehead atoms. The SMILES string of the molecule is O=C1[C@H]2CC[C@H](CN(Cc3ccc4ccccc4n3)C2)N1CC1CCC1. The van der Waals surface area contributed by atoms with Crippen LogP contribution < -0.4 is 0 Å². The van der Waals surface area contributed by atoms with E-state index in [1.54, 1.807) is 0 Å². The Bertz CT molecular complexity index is 816. The largest absolute Gasteiger partial charge is 0.338 e. The summed E-state index contributed by atoms with van der Waals surface area (Å²) in [6.07, 6.45) is 6.20. The molecule has 0 radical (unpaired) electrons. The van der Waals surface area contributed by atoms with Crippen molar-refractivity contribution in [1.29, 1.82) is 0 Å². The summed E-state index contributed by atoms with van der Waals surface area (Å²) < 4.78 is 0. The Hall–Kier alpha value is -1.94. The summed E-state index contributed by atoms with van der Waals surface area (Å²) in [7, 11) is 0. The van der Waals surface area contributed by atoms with Gasteiger partial charge in [0.25, 0.3) is 0 Å². The zero-order chi connectivity index (χ0) is 17.5. The van der Waals surface area contributed by atoms with Crippen molar-refractivity contribution < 1.29 is 4.79 Å². The first-order chi connectivity index (χ1) is 12.8. The van der Waals surface area contributed by atoms with Gasteiger partial charge < -0.3 is 4.90 Å². The molecule has 4 heteroatoms. The molecule has 1 aliphatic carbocycles. The van der Waals surface area contributed by atoms with E-state index < -0.39 is 0 Å². The Kier molecular flexibility index (Phi) is 4.16. The van der Waals surface area contributed by atoms with Crippen LogP contribution in [0.5, 0.6) is 0 Å². The van der Waals surface area contributed by atoms with Crippen LogP contribution in [0.2, 0.25) is 0 Å². The molecule has 1 saturated carbocycles. The van der Waals surface area contributed by atoms with Gasteiger partial charge in [0.15, 0.2) is 0 Å². The molecule has 2 atom stereocenters. The van der Waals surface area contributed by atoms with Crippen LogP contribution in [0.25, 0.3) is 10.9 Å². The van der Waals surface area contributed by atoms with Gasteiger partial charge in [0, 0.05) is 37.6 Å². The van der Waals surface area contributed by atoms with Gasteiger partial charge in [0.2, 0.25) is 5.91 Å². The van der Waals surface area contributed by atoms with E-state index >= 15 is 0 Å². The van der Waals surface area contributed by atoms with Crippen LogP contribution in [-0.4, -0.2) is 46.4 Å². The molecule has 2 aromatic rings. The van der Waals surface area contributed by atoms with Crippen molar-refractivity contribution in [3.05, 3.63) is 42.1 Å². The average Bonchev–Trinajstić information content (AvgIpc) is 2.88. The van der Waals surface area contributed by atoms with Gasteiger partial charge in [-0.25, -0.2) is 0 Å². The van der Waals surface area contributed by atoms with Gasteiger partial charge in [0.1, 0.15) is 0 Å². The smallest absolute Gasteiger partial charge is 0.227 e. The molecule has 1 amide bonds. The first kappa shape index (κ1) is 16.2. The number of benzene rings is 1. The number of pyridine rings is 1. The second-order valence-electron chi connectivity index (χ2n) is 8.40. The summed E-state index contributed by atoms with van der Waals surface area (Å²) in [4.78, 5) is 22.5. The Labute approximate surface area is 155 Å². The van der Waals surface area contributed by atoms with Crippen molar-refractivity contribution in [2.75, 3.05) is 19.6 Å². The average molecular weight is 349 g/mol. The van der Waals surface area contributed by atoms with Crippen LogP contribution in [-0.2, 0) is 11.3 Å². The summed E-state index contributed by atoms with van der Waals surface area (Å²) in [5.41, 5.74) is 2.17. The third-order valence-electron chi connectivity index (χ3n) is 6.59. The highest BCUT2D eigenvalue weighted by Gasteiger charge is 2.41. The molecule has 136 valence electrons. The molecule has 3 aliphatic heterocycles. The topological polar surface area (TPSA) is 36.4 Å². The Morgan fingerprint density at radius 1 is 1.00 bits per heavy atom. The van der Waals surface area contributed by atoms with E-state index in [9.17, 15) is 4.79 Å². The number of amides is 1. The van der Waals surface area contributed by atoms with E-state index in [-0.39, 0.29) is 5.92 Å². The fourth-order valence-corrected chi connectivity index (χ4v) is 4.88. The minimum Gasteiger partial charge on any atom is -0.338 e. The van der Waals surface area contributed by atoms with Crippen molar-refractivity contribution in [3.8, 4) is 0 Å². The standard InChI is InChI=1S/C22H27N3O/c26-22-18-9-11-20(25(22)12-16-4-3-5-16)15-24(13-18)14-19-10-8-17-6-1-2-7-21(17)23-19/h1-2,6-8,10,16,18,20H,3-5,9,11-15H2/t18-,20+/m0/s1. The third-order valence-corrected chi connectivity index (χ3v) is 6.59. The number of piperidine rings is 1. The lowest BCUT2D eigenvalue weighted by Gasteiger charge is -2.40. The molecule has 1 aromatic heterocycles. The number of fused-ring (bicyclic) bond motifs is 5. The minimum atomic E-state index is 0.189.